The number of carbonyl (C=O) groups is 1. The highest BCUT2D eigenvalue weighted by Gasteiger charge is 2.95. The smallest absolute Gasteiger partial charge is 0.454 e. The van der Waals surface area contributed by atoms with Crippen LogP contribution in [0.1, 0.15) is 64.2 Å². The lowest BCUT2D eigenvalue weighted by Crippen LogP contribution is -2.74. The van der Waals surface area contributed by atoms with Gasteiger partial charge in [-0.2, -0.15) is 74.6 Å². The van der Waals surface area contributed by atoms with Gasteiger partial charge in [-0.05, 0) is 12.8 Å². The first-order valence-electron chi connectivity index (χ1n) is 14.1. The Bertz CT molecular complexity index is 1080. The van der Waals surface area contributed by atoms with Gasteiger partial charge in [-0.1, -0.05) is 44.9 Å². The molecule has 0 aromatic carbocycles. The number of aliphatic hydroxyl groups excluding tert-OH is 2. The maximum atomic E-state index is 13.9. The number of ether oxygens (including phenoxy) is 3. The Morgan fingerprint density at radius 1 is 0.542 bits per heavy atom. The summed E-state index contributed by atoms with van der Waals surface area (Å²) in [6.45, 7) is 0.0924. The van der Waals surface area contributed by atoms with Crippen molar-refractivity contribution in [3.63, 3.8) is 0 Å². The van der Waals surface area contributed by atoms with Crippen LogP contribution in [0.25, 0.3) is 0 Å². The molecule has 0 amide bonds. The van der Waals surface area contributed by atoms with Crippen LogP contribution in [0.5, 0.6) is 0 Å². The highest BCUT2D eigenvalue weighted by molar-refractivity contribution is 5.78. The molecule has 0 aromatic rings. The first kappa shape index (κ1) is 42.3. The van der Waals surface area contributed by atoms with E-state index < -0.39 is 104 Å². The normalized spacial score (nSPS) is 25.1. The molecule has 23 heteroatoms. The third-order valence-corrected chi connectivity index (χ3v) is 7.74. The van der Waals surface area contributed by atoms with Crippen LogP contribution in [-0.2, 0) is 19.0 Å². The molecule has 2 aliphatic heterocycles. The summed E-state index contributed by atoms with van der Waals surface area (Å²) in [5, 5.41) is 19.6. The van der Waals surface area contributed by atoms with Gasteiger partial charge in [0, 0.05) is 13.0 Å². The Kier molecular flexibility index (Phi) is 12.7. The molecule has 48 heavy (non-hydrogen) atoms. The van der Waals surface area contributed by atoms with E-state index in [1.807, 2.05) is 0 Å². The first-order valence-corrected chi connectivity index (χ1v) is 14.1. The van der Waals surface area contributed by atoms with Crippen molar-refractivity contribution >= 4 is 5.97 Å². The van der Waals surface area contributed by atoms with E-state index in [1.54, 1.807) is 0 Å². The van der Waals surface area contributed by atoms with Crippen LogP contribution < -0.4 is 0 Å². The number of alkyl halides is 17. The van der Waals surface area contributed by atoms with E-state index in [9.17, 15) is 89.6 Å². The van der Waals surface area contributed by atoms with Crippen molar-refractivity contribution in [1.29, 1.82) is 0 Å². The summed E-state index contributed by atoms with van der Waals surface area (Å²) < 4.78 is 242. The van der Waals surface area contributed by atoms with Crippen LogP contribution in [0.2, 0.25) is 0 Å². The summed E-state index contributed by atoms with van der Waals surface area (Å²) in [5.74, 6) is -57.0. The van der Waals surface area contributed by atoms with Crippen molar-refractivity contribution in [3.05, 3.63) is 0 Å². The summed E-state index contributed by atoms with van der Waals surface area (Å²) in [6, 6.07) is 0. The molecule has 2 N–H and O–H groups in total. The largest absolute Gasteiger partial charge is 0.460 e. The van der Waals surface area contributed by atoms with E-state index >= 15 is 0 Å². The number of aliphatic hydroxyl groups is 2. The van der Waals surface area contributed by atoms with E-state index in [2.05, 4.69) is 0 Å². The molecule has 5 atom stereocenters. The molecule has 0 spiro atoms. The molecule has 0 saturated carbocycles. The minimum Gasteiger partial charge on any atom is -0.454 e. The van der Waals surface area contributed by atoms with Gasteiger partial charge >= 0.3 is 53.6 Å². The molecule has 2 fully saturated rings. The Hall–Kier alpha value is -1.88. The third-order valence-electron chi connectivity index (χ3n) is 7.74. The fraction of sp³-hybridized carbons (Fsp3) is 0.960. The molecule has 0 aliphatic carbocycles. The highest BCUT2D eigenvalue weighted by Crippen LogP contribution is 2.64. The summed E-state index contributed by atoms with van der Waals surface area (Å²) in [5.41, 5.74) is 0. The summed E-state index contributed by atoms with van der Waals surface area (Å²) in [4.78, 5) is 11.2. The van der Waals surface area contributed by atoms with Gasteiger partial charge in [-0.15, -0.1) is 0 Å². The second-order valence-corrected chi connectivity index (χ2v) is 11.3. The molecule has 2 saturated heterocycles. The third kappa shape index (κ3) is 7.42. The van der Waals surface area contributed by atoms with Crippen molar-refractivity contribution in [3.8, 4) is 0 Å². The number of halogens is 17. The average Bonchev–Trinajstić information content (AvgIpc) is 3.41. The number of unbranched alkanes of at least 4 members (excludes halogenated alkanes) is 8. The minimum absolute atomic E-state index is 0.0240. The number of hydrogen-bond acceptors (Lipinski definition) is 6. The first-order chi connectivity index (χ1) is 21.5. The van der Waals surface area contributed by atoms with Crippen molar-refractivity contribution in [2.75, 3.05) is 6.61 Å². The zero-order valence-electron chi connectivity index (χ0n) is 24.1. The molecule has 0 aromatic heterocycles. The van der Waals surface area contributed by atoms with Gasteiger partial charge in [0.05, 0.1) is 0 Å². The second kappa shape index (κ2) is 14.4. The standard InChI is InChI=1S/C25H29F17O6/c26-18(27,19(28,29)20(30,31)21(32,33)22(34,35)23(36,37)24(38,39)25(40,41)42)10-8-6-4-2-1-3-5-7-9-11-46-17-13(44)15-14(48-17)12(43)16(45)47-15/h12-15,17,43-44H,1-11H2/t12-,13+,14+,15+,17?/m0/s1. The molecule has 6 nitrogen and oxygen atoms in total. The Labute approximate surface area is 259 Å². The molecule has 284 valence electrons. The van der Waals surface area contributed by atoms with Crippen LogP contribution in [0.3, 0.4) is 0 Å². The maximum Gasteiger partial charge on any atom is 0.460 e. The monoisotopic (exact) mass is 748 g/mol. The number of rotatable bonds is 19. The van der Waals surface area contributed by atoms with Crippen molar-refractivity contribution in [2.45, 2.75) is 143 Å². The van der Waals surface area contributed by atoms with Gasteiger partial charge in [0.1, 0.15) is 12.2 Å². The molecule has 1 unspecified atom stereocenters. The number of carbonyl (C=O) groups excluding carboxylic acids is 1. The Morgan fingerprint density at radius 2 is 0.938 bits per heavy atom. The molecule has 0 radical (unpaired) electrons. The maximum absolute atomic E-state index is 13.9. The zero-order chi connectivity index (χ0) is 37.4. The van der Waals surface area contributed by atoms with Crippen LogP contribution >= 0.6 is 0 Å². The van der Waals surface area contributed by atoms with Crippen LogP contribution in [0.4, 0.5) is 74.6 Å². The van der Waals surface area contributed by atoms with E-state index in [-0.39, 0.29) is 19.4 Å². The molecule has 2 rings (SSSR count). The second-order valence-electron chi connectivity index (χ2n) is 11.3. The lowest BCUT2D eigenvalue weighted by Gasteiger charge is -2.42. The Morgan fingerprint density at radius 3 is 1.38 bits per heavy atom. The molecule has 2 aliphatic rings. The zero-order valence-corrected chi connectivity index (χ0v) is 24.1. The van der Waals surface area contributed by atoms with E-state index in [4.69, 9.17) is 14.2 Å². The van der Waals surface area contributed by atoms with Crippen LogP contribution in [0, 0.1) is 0 Å². The molecular weight excluding hydrogens is 719 g/mol. The van der Waals surface area contributed by atoms with Crippen molar-refractivity contribution < 1.29 is 104 Å². The molecule has 2 heterocycles. The predicted octanol–water partition coefficient (Wildman–Crippen LogP) is 7.29. The van der Waals surface area contributed by atoms with Gasteiger partial charge < -0.3 is 24.4 Å². The number of fused-ring (bicyclic) bond motifs is 1. The Balaban J connectivity index is 1.76. The van der Waals surface area contributed by atoms with E-state index in [0.717, 1.165) is 0 Å². The number of hydrogen-bond donors (Lipinski definition) is 2. The highest BCUT2D eigenvalue weighted by atomic mass is 19.4. The summed E-state index contributed by atoms with van der Waals surface area (Å²) in [6.07, 6.45) is -15.2. The van der Waals surface area contributed by atoms with Crippen molar-refractivity contribution in [1.82, 2.24) is 0 Å². The van der Waals surface area contributed by atoms with Crippen LogP contribution in [-0.4, -0.2) is 101 Å². The predicted molar refractivity (Wildman–Crippen MR) is 123 cm³/mol. The fourth-order valence-corrected chi connectivity index (χ4v) is 4.77. The molecular formula is C25H29F17O6. The van der Waals surface area contributed by atoms with E-state index in [1.165, 1.54) is 0 Å². The SMILES string of the molecule is O=C1O[C@H]2[C@H](OC(OCCCCCCCCCCCC(F)(F)C(F)(F)C(F)(F)C(F)(F)C(F)(F)C(F)(F)C(F)(F)C(F)(F)F)[C@@H]2O)[C@@H]1O. The minimum atomic E-state index is -8.62. The lowest BCUT2D eigenvalue weighted by atomic mass is 9.87. The van der Waals surface area contributed by atoms with Gasteiger partial charge in [0.15, 0.2) is 18.5 Å². The fourth-order valence-electron chi connectivity index (χ4n) is 4.77. The quantitative estimate of drug-likeness (QED) is 0.0821. The van der Waals surface area contributed by atoms with Gasteiger partial charge in [-0.25, -0.2) is 4.79 Å². The van der Waals surface area contributed by atoms with Gasteiger partial charge in [-0.3, -0.25) is 0 Å². The van der Waals surface area contributed by atoms with Crippen LogP contribution in [0.15, 0.2) is 0 Å². The lowest BCUT2D eigenvalue weighted by molar-refractivity contribution is -0.461. The summed E-state index contributed by atoms with van der Waals surface area (Å²) >= 11 is 0. The van der Waals surface area contributed by atoms with Crippen molar-refractivity contribution in [2.24, 2.45) is 0 Å². The molecule has 0 bridgehead atoms. The van der Waals surface area contributed by atoms with Gasteiger partial charge in [0.25, 0.3) is 0 Å². The number of esters is 1. The van der Waals surface area contributed by atoms with E-state index in [0.29, 0.717) is 32.1 Å². The van der Waals surface area contributed by atoms with Gasteiger partial charge in [0.2, 0.25) is 0 Å². The topological polar surface area (TPSA) is 85.2 Å². The summed E-state index contributed by atoms with van der Waals surface area (Å²) in [7, 11) is 0. The average molecular weight is 748 g/mol.